The average Bonchev–Trinajstić information content (AvgIpc) is 2.43. The zero-order valence-electron chi connectivity index (χ0n) is 10.3. The quantitative estimate of drug-likeness (QED) is 0.813. The minimum absolute atomic E-state index is 0.217. The van der Waals surface area contributed by atoms with Gasteiger partial charge in [0.15, 0.2) is 5.78 Å². The minimum Gasteiger partial charge on any atom is -0.292 e. The van der Waals surface area contributed by atoms with Gasteiger partial charge in [0.25, 0.3) is 0 Å². The lowest BCUT2D eigenvalue weighted by molar-refractivity contribution is 0.0978. The van der Waals surface area contributed by atoms with Crippen molar-refractivity contribution < 1.29 is 4.79 Å². The zero-order valence-corrected chi connectivity index (χ0v) is 11.9. The standard InChI is InChI=1S/C15H11BrN2O/c1-10-4-5-14(16)12(7-10)15(19)13(8-17)11-3-2-6-18-9-11/h2-7,9,13H,1H3. The highest BCUT2D eigenvalue weighted by Gasteiger charge is 2.23. The molecule has 0 saturated heterocycles. The molecule has 1 heterocycles. The van der Waals surface area contributed by atoms with E-state index in [9.17, 15) is 10.1 Å². The van der Waals surface area contributed by atoms with Gasteiger partial charge in [-0.15, -0.1) is 0 Å². The van der Waals surface area contributed by atoms with Crippen LogP contribution in [-0.4, -0.2) is 10.8 Å². The molecule has 1 atom stereocenters. The van der Waals surface area contributed by atoms with E-state index in [1.807, 2.05) is 19.1 Å². The van der Waals surface area contributed by atoms with Gasteiger partial charge in [-0.25, -0.2) is 0 Å². The van der Waals surface area contributed by atoms with Gasteiger partial charge in [-0.1, -0.05) is 33.6 Å². The van der Waals surface area contributed by atoms with Crippen LogP contribution in [0.4, 0.5) is 0 Å². The summed E-state index contributed by atoms with van der Waals surface area (Å²) in [4.78, 5) is 16.4. The van der Waals surface area contributed by atoms with Gasteiger partial charge in [0, 0.05) is 22.4 Å². The molecule has 0 aliphatic carbocycles. The molecule has 0 radical (unpaired) electrons. The van der Waals surface area contributed by atoms with Crippen molar-refractivity contribution in [1.82, 2.24) is 4.98 Å². The van der Waals surface area contributed by atoms with Crippen LogP contribution in [0.5, 0.6) is 0 Å². The van der Waals surface area contributed by atoms with Crippen molar-refractivity contribution in [2.75, 3.05) is 0 Å². The maximum absolute atomic E-state index is 12.5. The van der Waals surface area contributed by atoms with Crippen molar-refractivity contribution in [1.29, 1.82) is 5.26 Å². The monoisotopic (exact) mass is 314 g/mol. The molecule has 2 rings (SSSR count). The number of nitriles is 1. The van der Waals surface area contributed by atoms with Gasteiger partial charge in [0.1, 0.15) is 5.92 Å². The molecule has 0 aliphatic heterocycles. The molecule has 1 aromatic heterocycles. The van der Waals surface area contributed by atoms with E-state index in [0.29, 0.717) is 15.6 Å². The first-order valence-electron chi connectivity index (χ1n) is 5.73. The molecule has 0 spiro atoms. The number of nitrogens with zero attached hydrogens (tertiary/aromatic N) is 2. The van der Waals surface area contributed by atoms with Crippen LogP contribution in [0, 0.1) is 18.3 Å². The van der Waals surface area contributed by atoms with E-state index in [4.69, 9.17) is 0 Å². The van der Waals surface area contributed by atoms with Crippen molar-refractivity contribution in [2.24, 2.45) is 0 Å². The number of carbonyl (C=O) groups is 1. The number of rotatable bonds is 3. The lowest BCUT2D eigenvalue weighted by Gasteiger charge is -2.10. The summed E-state index contributed by atoms with van der Waals surface area (Å²) < 4.78 is 0.701. The van der Waals surface area contributed by atoms with Gasteiger partial charge in [-0.2, -0.15) is 5.26 Å². The summed E-state index contributed by atoms with van der Waals surface area (Å²) in [6, 6.07) is 11.0. The molecular weight excluding hydrogens is 304 g/mol. The largest absolute Gasteiger partial charge is 0.292 e. The number of Topliss-reactive ketones (excluding diaryl/α,β-unsaturated/α-hetero) is 1. The second kappa shape index (κ2) is 5.77. The number of pyridine rings is 1. The van der Waals surface area contributed by atoms with Gasteiger partial charge < -0.3 is 0 Å². The van der Waals surface area contributed by atoms with Crippen molar-refractivity contribution in [3.8, 4) is 6.07 Å². The second-order valence-electron chi connectivity index (χ2n) is 4.20. The smallest absolute Gasteiger partial charge is 0.185 e. The fraction of sp³-hybridized carbons (Fsp3) is 0.133. The average molecular weight is 315 g/mol. The maximum atomic E-state index is 12.5. The number of hydrogen-bond acceptors (Lipinski definition) is 3. The summed E-state index contributed by atoms with van der Waals surface area (Å²) in [6.07, 6.45) is 3.17. The van der Waals surface area contributed by atoms with Crippen LogP contribution in [0.2, 0.25) is 0 Å². The zero-order chi connectivity index (χ0) is 13.8. The Morgan fingerprint density at radius 3 is 2.84 bits per heavy atom. The Balaban J connectivity index is 2.43. The predicted octanol–water partition coefficient (Wildman–Crippen LogP) is 3.64. The number of aryl methyl sites for hydroxylation is 1. The van der Waals surface area contributed by atoms with E-state index in [-0.39, 0.29) is 5.78 Å². The number of aromatic nitrogens is 1. The summed E-state index contributed by atoms with van der Waals surface area (Å²) in [5.74, 6) is -1.04. The van der Waals surface area contributed by atoms with Crippen LogP contribution in [0.1, 0.15) is 27.4 Å². The minimum atomic E-state index is -0.827. The lowest BCUT2D eigenvalue weighted by atomic mass is 9.92. The topological polar surface area (TPSA) is 53.8 Å². The highest BCUT2D eigenvalue weighted by Crippen LogP contribution is 2.25. The van der Waals surface area contributed by atoms with Crippen molar-refractivity contribution in [2.45, 2.75) is 12.8 Å². The summed E-state index contributed by atoms with van der Waals surface area (Å²) in [7, 11) is 0. The molecule has 0 aliphatic rings. The highest BCUT2D eigenvalue weighted by molar-refractivity contribution is 9.10. The Morgan fingerprint density at radius 2 is 2.21 bits per heavy atom. The number of benzene rings is 1. The third kappa shape index (κ3) is 2.88. The summed E-state index contributed by atoms with van der Waals surface area (Å²) in [5.41, 5.74) is 2.12. The van der Waals surface area contributed by atoms with Crippen LogP contribution in [0.25, 0.3) is 0 Å². The number of halogens is 1. The van der Waals surface area contributed by atoms with Crippen LogP contribution in [-0.2, 0) is 0 Å². The molecule has 1 aromatic carbocycles. The molecule has 3 nitrogen and oxygen atoms in total. The first kappa shape index (κ1) is 13.4. The number of hydrogen-bond donors (Lipinski definition) is 0. The number of carbonyl (C=O) groups excluding carboxylic acids is 1. The summed E-state index contributed by atoms with van der Waals surface area (Å²) in [6.45, 7) is 1.91. The molecule has 2 aromatic rings. The lowest BCUT2D eigenvalue weighted by Crippen LogP contribution is -2.12. The van der Waals surface area contributed by atoms with Crippen molar-refractivity contribution in [3.63, 3.8) is 0 Å². The normalized spacial score (nSPS) is 11.6. The summed E-state index contributed by atoms with van der Waals surface area (Å²) >= 11 is 3.36. The Hall–Kier alpha value is -1.99. The fourth-order valence-corrected chi connectivity index (χ4v) is 2.26. The van der Waals surface area contributed by atoms with Gasteiger partial charge in [-0.3, -0.25) is 9.78 Å². The van der Waals surface area contributed by atoms with E-state index < -0.39 is 5.92 Å². The molecule has 0 fully saturated rings. The van der Waals surface area contributed by atoms with Crippen LogP contribution < -0.4 is 0 Å². The van der Waals surface area contributed by atoms with Crippen LogP contribution >= 0.6 is 15.9 Å². The first-order chi connectivity index (χ1) is 9.13. The third-order valence-corrected chi connectivity index (χ3v) is 3.49. The Morgan fingerprint density at radius 1 is 1.42 bits per heavy atom. The van der Waals surface area contributed by atoms with E-state index in [1.54, 1.807) is 30.6 Å². The Kier molecular flexibility index (Phi) is 4.08. The molecule has 19 heavy (non-hydrogen) atoms. The van der Waals surface area contributed by atoms with Crippen LogP contribution in [0.3, 0.4) is 0 Å². The van der Waals surface area contributed by atoms with E-state index in [0.717, 1.165) is 5.56 Å². The molecule has 0 saturated carbocycles. The maximum Gasteiger partial charge on any atom is 0.185 e. The first-order valence-corrected chi connectivity index (χ1v) is 6.52. The fourth-order valence-electron chi connectivity index (χ4n) is 1.81. The Bertz CT molecular complexity index is 647. The van der Waals surface area contributed by atoms with Crippen molar-refractivity contribution in [3.05, 3.63) is 63.9 Å². The highest BCUT2D eigenvalue weighted by atomic mass is 79.9. The molecule has 1 unspecified atom stereocenters. The van der Waals surface area contributed by atoms with Gasteiger partial charge >= 0.3 is 0 Å². The number of ketones is 1. The van der Waals surface area contributed by atoms with Gasteiger partial charge in [0.2, 0.25) is 0 Å². The van der Waals surface area contributed by atoms with Crippen molar-refractivity contribution >= 4 is 21.7 Å². The molecule has 0 bridgehead atoms. The second-order valence-corrected chi connectivity index (χ2v) is 5.05. The molecule has 0 N–H and O–H groups in total. The Labute approximate surface area is 120 Å². The SMILES string of the molecule is Cc1ccc(Br)c(C(=O)C(C#N)c2cccnc2)c1. The van der Waals surface area contributed by atoms with E-state index >= 15 is 0 Å². The van der Waals surface area contributed by atoms with Gasteiger partial charge in [-0.05, 0) is 30.7 Å². The summed E-state index contributed by atoms with van der Waals surface area (Å²) in [5, 5.41) is 9.26. The van der Waals surface area contributed by atoms with E-state index in [1.165, 1.54) is 0 Å². The molecule has 0 amide bonds. The predicted molar refractivity (Wildman–Crippen MR) is 75.8 cm³/mol. The third-order valence-electron chi connectivity index (χ3n) is 2.80. The van der Waals surface area contributed by atoms with Crippen LogP contribution in [0.15, 0.2) is 47.2 Å². The van der Waals surface area contributed by atoms with Gasteiger partial charge in [0.05, 0.1) is 6.07 Å². The molecule has 94 valence electrons. The van der Waals surface area contributed by atoms with E-state index in [2.05, 4.69) is 27.0 Å². The molecule has 4 heteroatoms. The molecular formula is C15H11BrN2O.